The van der Waals surface area contributed by atoms with E-state index in [-0.39, 0.29) is 0 Å². The molecule has 0 amide bonds. The molecule has 0 spiro atoms. The van der Waals surface area contributed by atoms with Crippen LogP contribution in [0, 0.1) is 30.6 Å². The molecule has 0 saturated heterocycles. The molecule has 1 unspecified atom stereocenters. The number of terminal acetylenes is 2. The highest BCUT2D eigenvalue weighted by molar-refractivity contribution is 5.06. The van der Waals surface area contributed by atoms with Crippen molar-refractivity contribution in [3.05, 3.63) is 24.3 Å². The van der Waals surface area contributed by atoms with Crippen LogP contribution in [0.4, 0.5) is 0 Å². The molecule has 0 rings (SSSR count). The van der Waals surface area contributed by atoms with Crippen LogP contribution in [0.2, 0.25) is 0 Å². The van der Waals surface area contributed by atoms with Crippen LogP contribution in [-0.4, -0.2) is 22.4 Å². The number of aliphatic hydroxyl groups excluding tert-OH is 2. The van der Waals surface area contributed by atoms with Crippen LogP contribution >= 0.6 is 0 Å². The number of rotatable bonds is 21. The molecule has 0 aromatic heterocycles. The molecule has 3 atom stereocenters. The summed E-state index contributed by atoms with van der Waals surface area (Å²) in [6.45, 7) is 2.42. The first-order valence-corrected chi connectivity index (χ1v) is 12.7. The Bertz CT molecular complexity index is 520. The van der Waals surface area contributed by atoms with E-state index in [1.807, 2.05) is 12.2 Å². The third-order valence-electron chi connectivity index (χ3n) is 5.86. The van der Waals surface area contributed by atoms with Gasteiger partial charge in [0.05, 0.1) is 0 Å². The molecule has 2 heteroatoms. The standard InChI is InChI=1S/C29H48O2/c1-4-28(30)25-21-17-13-8-6-7-11-15-19-23-27(3)24-20-16-12-9-10-14-18-22-26-29(31)5-2/h1-2,21-22,25-31H,6-20,23-24H2,3H3/b25-21+,26-22+/t27?,28-,29-/m1/s1. The Kier molecular flexibility index (Phi) is 22.1. The van der Waals surface area contributed by atoms with Crippen LogP contribution in [0.1, 0.15) is 116 Å². The second-order valence-electron chi connectivity index (χ2n) is 8.94. The molecule has 0 heterocycles. The van der Waals surface area contributed by atoms with Crippen molar-refractivity contribution in [3.8, 4) is 24.7 Å². The van der Waals surface area contributed by atoms with Gasteiger partial charge in [-0.1, -0.05) is 114 Å². The van der Waals surface area contributed by atoms with E-state index in [1.165, 1.54) is 96.3 Å². The zero-order valence-corrected chi connectivity index (χ0v) is 20.1. The molecule has 0 saturated carbocycles. The third kappa shape index (κ3) is 23.0. The molecule has 0 aromatic carbocycles. The maximum absolute atomic E-state index is 9.22. The summed E-state index contributed by atoms with van der Waals surface area (Å²) in [7, 11) is 0. The summed E-state index contributed by atoms with van der Waals surface area (Å²) in [6, 6.07) is 0. The largest absolute Gasteiger partial charge is 0.377 e. The molecule has 176 valence electrons. The van der Waals surface area contributed by atoms with E-state index in [9.17, 15) is 10.2 Å². The Hall–Kier alpha value is -1.48. The van der Waals surface area contributed by atoms with Crippen LogP contribution in [0.5, 0.6) is 0 Å². The van der Waals surface area contributed by atoms with Gasteiger partial charge in [0.25, 0.3) is 0 Å². The fourth-order valence-corrected chi connectivity index (χ4v) is 3.81. The Morgan fingerprint density at radius 1 is 0.581 bits per heavy atom. The smallest absolute Gasteiger partial charge is 0.133 e. The van der Waals surface area contributed by atoms with Gasteiger partial charge in [0.15, 0.2) is 0 Å². The van der Waals surface area contributed by atoms with E-state index in [0.29, 0.717) is 0 Å². The molecular formula is C29H48O2. The van der Waals surface area contributed by atoms with E-state index >= 15 is 0 Å². The first kappa shape index (κ1) is 29.5. The second kappa shape index (κ2) is 23.2. The fraction of sp³-hybridized carbons (Fsp3) is 0.724. The van der Waals surface area contributed by atoms with E-state index < -0.39 is 12.2 Å². The molecule has 0 aromatic rings. The van der Waals surface area contributed by atoms with E-state index in [2.05, 4.69) is 18.8 Å². The molecule has 0 bridgehead atoms. The molecule has 31 heavy (non-hydrogen) atoms. The lowest BCUT2D eigenvalue weighted by molar-refractivity contribution is 0.280. The fourth-order valence-electron chi connectivity index (χ4n) is 3.81. The van der Waals surface area contributed by atoms with Crippen molar-refractivity contribution in [2.24, 2.45) is 5.92 Å². The SMILES string of the molecule is C#C[C@@H](O)/C=C/CCCCCCCCCC(C)CCCCCCCC/C=C/[C@H](O)C#C. The van der Waals surface area contributed by atoms with Crippen molar-refractivity contribution in [1.82, 2.24) is 0 Å². The number of aliphatic hydroxyl groups is 2. The lowest BCUT2D eigenvalue weighted by atomic mass is 9.96. The molecule has 0 radical (unpaired) electrons. The van der Waals surface area contributed by atoms with Gasteiger partial charge in [-0.2, -0.15) is 0 Å². The van der Waals surface area contributed by atoms with E-state index in [1.54, 1.807) is 12.2 Å². The van der Waals surface area contributed by atoms with Crippen molar-refractivity contribution >= 4 is 0 Å². The number of unbranched alkanes of at least 4 members (excludes halogenated alkanes) is 13. The van der Waals surface area contributed by atoms with Gasteiger partial charge in [0.2, 0.25) is 0 Å². The summed E-state index contributed by atoms with van der Waals surface area (Å²) in [4.78, 5) is 0. The highest BCUT2D eigenvalue weighted by Crippen LogP contribution is 2.19. The van der Waals surface area contributed by atoms with E-state index in [4.69, 9.17) is 12.8 Å². The summed E-state index contributed by atoms with van der Waals surface area (Å²) in [5.74, 6) is 5.46. The van der Waals surface area contributed by atoms with Gasteiger partial charge in [-0.25, -0.2) is 0 Å². The monoisotopic (exact) mass is 428 g/mol. The molecule has 0 fully saturated rings. The van der Waals surface area contributed by atoms with Crippen molar-refractivity contribution in [3.63, 3.8) is 0 Å². The van der Waals surface area contributed by atoms with Crippen LogP contribution in [-0.2, 0) is 0 Å². The quantitative estimate of drug-likeness (QED) is 0.114. The molecule has 0 aliphatic rings. The zero-order valence-electron chi connectivity index (χ0n) is 20.1. The predicted octanol–water partition coefficient (Wildman–Crippen LogP) is 7.35. The van der Waals surface area contributed by atoms with Crippen molar-refractivity contribution in [1.29, 1.82) is 0 Å². The highest BCUT2D eigenvalue weighted by atomic mass is 16.3. The van der Waals surface area contributed by atoms with Gasteiger partial charge in [0, 0.05) is 0 Å². The van der Waals surface area contributed by atoms with Crippen molar-refractivity contribution in [2.75, 3.05) is 0 Å². The summed E-state index contributed by atoms with van der Waals surface area (Å²) in [5.41, 5.74) is 0. The van der Waals surface area contributed by atoms with Gasteiger partial charge in [-0.05, 0) is 43.8 Å². The zero-order chi connectivity index (χ0) is 23.0. The average Bonchev–Trinajstić information content (AvgIpc) is 2.78. The molecular weight excluding hydrogens is 380 g/mol. The lowest BCUT2D eigenvalue weighted by Gasteiger charge is -2.11. The Morgan fingerprint density at radius 3 is 1.26 bits per heavy atom. The molecule has 0 aliphatic carbocycles. The maximum atomic E-state index is 9.22. The summed E-state index contributed by atoms with van der Waals surface area (Å²) in [6.07, 6.45) is 38.2. The Balaban J connectivity index is 3.29. The van der Waals surface area contributed by atoms with Gasteiger partial charge < -0.3 is 10.2 Å². The maximum Gasteiger partial charge on any atom is 0.133 e. The topological polar surface area (TPSA) is 40.5 Å². The first-order chi connectivity index (χ1) is 15.1. The van der Waals surface area contributed by atoms with Crippen molar-refractivity contribution < 1.29 is 10.2 Å². The molecule has 2 N–H and O–H groups in total. The van der Waals surface area contributed by atoms with Crippen LogP contribution in [0.25, 0.3) is 0 Å². The first-order valence-electron chi connectivity index (χ1n) is 12.7. The highest BCUT2D eigenvalue weighted by Gasteiger charge is 2.02. The Labute approximate surface area is 193 Å². The Morgan fingerprint density at radius 2 is 0.903 bits per heavy atom. The van der Waals surface area contributed by atoms with Gasteiger partial charge in [-0.3, -0.25) is 0 Å². The number of hydrogen-bond donors (Lipinski definition) is 2. The molecule has 0 aliphatic heterocycles. The minimum absolute atomic E-state index is 0.720. The second-order valence-corrected chi connectivity index (χ2v) is 8.94. The minimum atomic E-state index is -0.720. The van der Waals surface area contributed by atoms with Gasteiger partial charge in [-0.15, -0.1) is 12.8 Å². The normalized spacial score (nSPS) is 14.5. The minimum Gasteiger partial charge on any atom is -0.377 e. The molecule has 2 nitrogen and oxygen atoms in total. The van der Waals surface area contributed by atoms with Gasteiger partial charge in [0.1, 0.15) is 12.2 Å². The predicted molar refractivity (Wildman–Crippen MR) is 136 cm³/mol. The summed E-state index contributed by atoms with van der Waals surface area (Å²) in [5, 5.41) is 18.4. The average molecular weight is 429 g/mol. The lowest BCUT2D eigenvalue weighted by Crippen LogP contribution is -1.95. The van der Waals surface area contributed by atoms with Crippen LogP contribution in [0.3, 0.4) is 0 Å². The summed E-state index contributed by atoms with van der Waals surface area (Å²) >= 11 is 0. The van der Waals surface area contributed by atoms with Gasteiger partial charge >= 0.3 is 0 Å². The number of allylic oxidation sites excluding steroid dienone is 2. The third-order valence-corrected chi connectivity index (χ3v) is 5.86. The van der Waals surface area contributed by atoms with Crippen LogP contribution in [0.15, 0.2) is 24.3 Å². The van der Waals surface area contributed by atoms with Crippen LogP contribution < -0.4 is 0 Å². The number of hydrogen-bond acceptors (Lipinski definition) is 2. The van der Waals surface area contributed by atoms with E-state index in [0.717, 1.165) is 18.8 Å². The van der Waals surface area contributed by atoms with Crippen molar-refractivity contribution in [2.45, 2.75) is 128 Å². The summed E-state index contributed by atoms with van der Waals surface area (Å²) < 4.78 is 0.